The molecule has 0 bridgehead atoms. The van der Waals surface area contributed by atoms with Gasteiger partial charge in [-0.05, 0) is 203 Å². The quantitative estimate of drug-likeness (QED) is 0.0453. The van der Waals surface area contributed by atoms with Gasteiger partial charge in [0, 0.05) is 44.5 Å². The van der Waals surface area contributed by atoms with Crippen LogP contribution in [0.3, 0.4) is 0 Å². The Balaban J connectivity index is 0.000000431. The first-order valence-corrected chi connectivity index (χ1v) is 28.3. The Morgan fingerprint density at radius 1 is 0.378 bits per heavy atom. The van der Waals surface area contributed by atoms with Crippen molar-refractivity contribution >= 4 is 47.6 Å². The van der Waals surface area contributed by atoms with Crippen molar-refractivity contribution in [2.24, 2.45) is 21.7 Å². The van der Waals surface area contributed by atoms with Gasteiger partial charge in [-0.1, -0.05) is 83.1 Å². The number of ether oxygens (including phenoxy) is 6. The van der Waals surface area contributed by atoms with E-state index in [0.29, 0.717) is 51.2 Å². The second-order valence-electron chi connectivity index (χ2n) is 28.5. The summed E-state index contributed by atoms with van der Waals surface area (Å²) in [6.07, 6.45) is 8.07. The Morgan fingerprint density at radius 2 is 0.683 bits per heavy atom. The lowest BCUT2D eigenvalue weighted by molar-refractivity contribution is -0.143. The molecule has 4 rings (SSSR count). The van der Waals surface area contributed by atoms with Crippen LogP contribution in [0.5, 0.6) is 34.5 Å². The summed E-state index contributed by atoms with van der Waals surface area (Å²) < 4.78 is 35.0. The molecule has 0 fully saturated rings. The van der Waals surface area contributed by atoms with Gasteiger partial charge in [0.1, 0.15) is 34.5 Å². The van der Waals surface area contributed by atoms with E-state index >= 15 is 0 Å². The van der Waals surface area contributed by atoms with Crippen molar-refractivity contribution in [1.82, 2.24) is 0 Å². The summed E-state index contributed by atoms with van der Waals surface area (Å²) in [5.74, 6) is 1.16. The summed E-state index contributed by atoms with van der Waals surface area (Å²) in [6.45, 7) is 46.6. The predicted molar refractivity (Wildman–Crippen MR) is 330 cm³/mol. The molecular formula is C70H96O12. The minimum absolute atomic E-state index is 0.207. The molecular weight excluding hydrogens is 1030 g/mol. The van der Waals surface area contributed by atoms with Gasteiger partial charge in [0.2, 0.25) is 0 Å². The summed E-state index contributed by atoms with van der Waals surface area (Å²) in [4.78, 5) is 76.9. The summed E-state index contributed by atoms with van der Waals surface area (Å²) >= 11 is 0. The molecule has 0 N–H and O–H groups in total. The van der Waals surface area contributed by atoms with Gasteiger partial charge in [-0.3, -0.25) is 28.8 Å². The normalized spacial score (nSPS) is 12.8. The maximum Gasteiger partial charge on any atom is 0.316 e. The molecule has 12 heteroatoms. The molecule has 0 aliphatic heterocycles. The van der Waals surface area contributed by atoms with Crippen LogP contribution in [0.2, 0.25) is 0 Å². The van der Waals surface area contributed by atoms with Crippen LogP contribution in [0, 0.1) is 21.7 Å². The van der Waals surface area contributed by atoms with E-state index in [4.69, 9.17) is 28.4 Å². The van der Waals surface area contributed by atoms with E-state index in [2.05, 4.69) is 62.3 Å². The van der Waals surface area contributed by atoms with E-state index in [1.807, 2.05) is 74.4 Å². The third-order valence-electron chi connectivity index (χ3n) is 14.0. The molecule has 0 atom stereocenters. The number of carbonyl (C=O) groups excluding carboxylic acids is 6. The fourth-order valence-electron chi connectivity index (χ4n) is 7.87. The number of carbonyl (C=O) groups is 6. The second-order valence-corrected chi connectivity index (χ2v) is 28.5. The van der Waals surface area contributed by atoms with Crippen molar-refractivity contribution in [3.63, 3.8) is 0 Å². The van der Waals surface area contributed by atoms with Gasteiger partial charge < -0.3 is 28.4 Å². The maximum atomic E-state index is 13.2. The van der Waals surface area contributed by atoms with Crippen molar-refractivity contribution in [1.29, 1.82) is 0 Å². The number of ketones is 2. The largest absolute Gasteiger partial charge is 0.496 e. The van der Waals surface area contributed by atoms with Gasteiger partial charge in [0.25, 0.3) is 0 Å². The highest BCUT2D eigenvalue weighted by atomic mass is 16.6. The molecule has 12 nitrogen and oxygen atoms in total. The highest BCUT2D eigenvalue weighted by Crippen LogP contribution is 2.51. The van der Waals surface area contributed by atoms with Crippen molar-refractivity contribution in [2.75, 3.05) is 14.2 Å². The SMILES string of the molecule is CCC(C)(C)c1cc(/C=C/C(=O)c2ccc(OC(=O)C(C)(C)C)cc2)c(OC)c(C(C)(C)CC)c1OC(=O)C(C)(C)C.COc1c(/C=C/C(=O)c2ccc(OC(=O)C(C)(C)C)cc2)cc(C(C)(C)C)c(OC(=O)C(C)(C)C)c1C(C)(C)C. The molecule has 0 aromatic heterocycles. The van der Waals surface area contributed by atoms with E-state index < -0.39 is 32.5 Å². The lowest BCUT2D eigenvalue weighted by Gasteiger charge is -2.35. The van der Waals surface area contributed by atoms with Crippen LogP contribution in [0.25, 0.3) is 12.2 Å². The van der Waals surface area contributed by atoms with Crippen molar-refractivity contribution < 1.29 is 57.2 Å². The third kappa shape index (κ3) is 18.1. The van der Waals surface area contributed by atoms with Crippen LogP contribution in [0.4, 0.5) is 0 Å². The first-order chi connectivity index (χ1) is 37.3. The molecule has 0 aliphatic carbocycles. The predicted octanol–water partition coefficient (Wildman–Crippen LogP) is 17.0. The number of rotatable bonds is 16. The first kappa shape index (κ1) is 69.4. The third-order valence-corrected chi connectivity index (χ3v) is 14.0. The van der Waals surface area contributed by atoms with E-state index in [1.54, 1.807) is 116 Å². The summed E-state index contributed by atoms with van der Waals surface area (Å²) in [7, 11) is 3.18. The molecule has 82 heavy (non-hydrogen) atoms. The molecule has 448 valence electrons. The van der Waals surface area contributed by atoms with Gasteiger partial charge in [-0.25, -0.2) is 0 Å². The first-order valence-electron chi connectivity index (χ1n) is 28.3. The van der Waals surface area contributed by atoms with Crippen LogP contribution in [0.15, 0.2) is 72.8 Å². The van der Waals surface area contributed by atoms with Crippen LogP contribution < -0.4 is 28.4 Å². The van der Waals surface area contributed by atoms with Crippen LogP contribution in [0.1, 0.15) is 233 Å². The number of hydrogen-bond acceptors (Lipinski definition) is 12. The minimum Gasteiger partial charge on any atom is -0.496 e. The van der Waals surface area contributed by atoms with Crippen LogP contribution in [-0.2, 0) is 40.8 Å². The summed E-state index contributed by atoms with van der Waals surface area (Å²) in [5.41, 5.74) is 1.46. The highest BCUT2D eigenvalue weighted by molar-refractivity contribution is 6.08. The van der Waals surface area contributed by atoms with Gasteiger partial charge in [0.15, 0.2) is 11.6 Å². The zero-order valence-corrected chi connectivity index (χ0v) is 54.4. The van der Waals surface area contributed by atoms with Gasteiger partial charge in [0.05, 0.1) is 35.9 Å². The van der Waals surface area contributed by atoms with E-state index in [1.165, 1.54) is 12.2 Å². The minimum atomic E-state index is -0.694. The summed E-state index contributed by atoms with van der Waals surface area (Å²) in [6, 6.07) is 16.9. The van der Waals surface area contributed by atoms with Gasteiger partial charge >= 0.3 is 23.9 Å². The van der Waals surface area contributed by atoms with Crippen molar-refractivity contribution in [2.45, 2.75) is 201 Å². The Bertz CT molecular complexity index is 3030. The number of hydrogen-bond donors (Lipinski definition) is 0. The molecule has 0 spiro atoms. The second kappa shape index (κ2) is 26.2. The zero-order valence-electron chi connectivity index (χ0n) is 54.4. The van der Waals surface area contributed by atoms with E-state index in [9.17, 15) is 28.8 Å². The zero-order chi connectivity index (χ0) is 63.1. The smallest absolute Gasteiger partial charge is 0.316 e. The molecule has 4 aromatic rings. The number of esters is 4. The van der Waals surface area contributed by atoms with Gasteiger partial charge in [-0.2, -0.15) is 0 Å². The maximum absolute atomic E-state index is 13.2. The van der Waals surface area contributed by atoms with E-state index in [0.717, 1.165) is 40.7 Å². The monoisotopic (exact) mass is 1130 g/mol. The van der Waals surface area contributed by atoms with Crippen molar-refractivity contribution in [3.05, 3.63) is 117 Å². The summed E-state index contributed by atoms with van der Waals surface area (Å²) in [5, 5.41) is 0. The Morgan fingerprint density at radius 3 is 0.976 bits per heavy atom. The molecule has 0 radical (unpaired) electrons. The lowest BCUT2D eigenvalue weighted by atomic mass is 9.74. The van der Waals surface area contributed by atoms with Crippen molar-refractivity contribution in [3.8, 4) is 34.5 Å². The molecule has 0 heterocycles. The Labute approximate surface area is 491 Å². The highest BCUT2D eigenvalue weighted by Gasteiger charge is 2.39. The molecule has 4 aromatic carbocycles. The average Bonchev–Trinajstić information content (AvgIpc) is 3.53. The van der Waals surface area contributed by atoms with E-state index in [-0.39, 0.29) is 46.3 Å². The fourth-order valence-corrected chi connectivity index (χ4v) is 7.87. The average molecular weight is 1130 g/mol. The molecule has 0 unspecified atom stereocenters. The Kier molecular flexibility index (Phi) is 22.2. The Hall–Kier alpha value is -6.82. The van der Waals surface area contributed by atoms with Crippen LogP contribution >= 0.6 is 0 Å². The molecule has 0 saturated heterocycles. The lowest BCUT2D eigenvalue weighted by Crippen LogP contribution is -2.30. The molecule has 0 aliphatic rings. The van der Waals surface area contributed by atoms with Gasteiger partial charge in [-0.15, -0.1) is 0 Å². The number of methoxy groups -OCH3 is 2. The molecule has 0 amide bonds. The fraction of sp³-hybridized carbons (Fsp3) is 0.514. The standard InChI is InChI=1S/C36H50O6.C34H46O6/c1-14-35(9,10)26-22-24(18-21-27(37)23-16-19-25(20-17-23)41-31(38)33(3,4)5)29(40-13)28(36(11,12)15-2)30(26)42-32(39)34(6,7)8;1-31(2,3)24-20-22(27(38-13)26(32(4,5)6)28(24)40-30(37)34(10,11)12)16-19-25(35)21-14-17-23(18-15-21)39-29(36)33(7,8)9/h16-22H,14-15H2,1-13H3;14-20H,1-13H3/b21-18+;19-16+. The number of allylic oxidation sites excluding steroid dienone is 2. The topological polar surface area (TPSA) is 158 Å². The molecule has 0 saturated carbocycles. The van der Waals surface area contributed by atoms with Crippen LogP contribution in [-0.4, -0.2) is 49.7 Å². The number of benzene rings is 4.